The van der Waals surface area contributed by atoms with E-state index in [2.05, 4.69) is 0 Å². The van der Waals surface area contributed by atoms with Gasteiger partial charge in [-0.1, -0.05) is 54.1 Å². The minimum Gasteiger partial charge on any atom is -0.444 e. The molecule has 0 spiro atoms. The number of amides is 2. The van der Waals surface area contributed by atoms with Crippen LogP contribution in [0.15, 0.2) is 54.6 Å². The lowest BCUT2D eigenvalue weighted by Gasteiger charge is -2.50. The number of ether oxygens (including phenoxy) is 4. The van der Waals surface area contributed by atoms with Gasteiger partial charge in [0.25, 0.3) is 0 Å². The van der Waals surface area contributed by atoms with Gasteiger partial charge in [0.05, 0.1) is 19.8 Å². The van der Waals surface area contributed by atoms with Crippen LogP contribution in [0.5, 0.6) is 0 Å². The first-order valence-electron chi connectivity index (χ1n) is 10.3. The summed E-state index contributed by atoms with van der Waals surface area (Å²) in [5.74, 6) is -2.10. The smallest absolute Gasteiger partial charge is 0.417 e. The maximum Gasteiger partial charge on any atom is 0.417 e. The molecule has 0 N–H and O–H groups in total. The van der Waals surface area contributed by atoms with Crippen molar-refractivity contribution in [3.63, 3.8) is 0 Å². The lowest BCUT2D eigenvalue weighted by atomic mass is 9.89. The molecular formula is C23H22ClNO6. The van der Waals surface area contributed by atoms with E-state index in [4.69, 9.17) is 30.5 Å². The largest absolute Gasteiger partial charge is 0.444 e. The van der Waals surface area contributed by atoms with Crippen LogP contribution in [0, 0.1) is 5.92 Å². The summed E-state index contributed by atoms with van der Waals surface area (Å²) in [6, 6.07) is 15.7. The molecular weight excluding hydrogens is 422 g/mol. The first kappa shape index (κ1) is 20.5. The van der Waals surface area contributed by atoms with Crippen molar-refractivity contribution in [1.29, 1.82) is 0 Å². The number of carbonyl (C=O) groups is 2. The molecule has 4 fully saturated rings. The predicted octanol–water partition coefficient (Wildman–Crippen LogP) is 3.71. The van der Waals surface area contributed by atoms with E-state index >= 15 is 0 Å². The van der Waals surface area contributed by atoms with Gasteiger partial charge in [-0.2, -0.15) is 0 Å². The molecule has 31 heavy (non-hydrogen) atoms. The van der Waals surface area contributed by atoms with Crippen LogP contribution in [0.2, 0.25) is 5.02 Å². The molecule has 2 amide bonds. The van der Waals surface area contributed by atoms with Gasteiger partial charge in [-0.15, -0.1) is 0 Å². The van der Waals surface area contributed by atoms with Gasteiger partial charge in [-0.3, -0.25) is 4.79 Å². The Bertz CT molecular complexity index is 944. The Labute approximate surface area is 184 Å². The van der Waals surface area contributed by atoms with E-state index in [9.17, 15) is 9.59 Å². The maximum absolute atomic E-state index is 13.1. The SMILES string of the molecule is O=C1C[C@@H](c2ccc(Cl)cc2)[C@@H](C23OCC(CO2)CO3)N1C(=O)OCc1ccccc1. The number of carbonyl (C=O) groups excluding carboxylic acids is 2. The van der Waals surface area contributed by atoms with Crippen molar-refractivity contribution >= 4 is 23.6 Å². The summed E-state index contributed by atoms with van der Waals surface area (Å²) in [5.41, 5.74) is 1.67. The number of hydrogen-bond donors (Lipinski definition) is 0. The zero-order chi connectivity index (χ0) is 21.4. The van der Waals surface area contributed by atoms with Crippen molar-refractivity contribution in [1.82, 2.24) is 4.90 Å². The Kier molecular flexibility index (Phi) is 5.44. The molecule has 2 bridgehead atoms. The number of fused-ring (bicyclic) bond motifs is 3. The standard InChI is InChI=1S/C23H22ClNO6/c24-18-8-6-17(7-9-18)19-10-20(26)25(22(27)28-11-15-4-2-1-3-5-15)21(19)23-29-12-16(13-30-23)14-31-23/h1-9,16,19,21H,10-14H2/t16?,19-,21-,23?/m0/s1. The highest BCUT2D eigenvalue weighted by Gasteiger charge is 2.61. The summed E-state index contributed by atoms with van der Waals surface area (Å²) in [5, 5.41) is 0.587. The van der Waals surface area contributed by atoms with Crippen molar-refractivity contribution in [2.75, 3.05) is 19.8 Å². The van der Waals surface area contributed by atoms with Gasteiger partial charge in [0.2, 0.25) is 5.91 Å². The molecule has 4 saturated heterocycles. The van der Waals surface area contributed by atoms with Crippen molar-refractivity contribution in [3.05, 3.63) is 70.7 Å². The van der Waals surface area contributed by atoms with E-state index in [-0.39, 0.29) is 30.8 Å². The molecule has 8 heteroatoms. The topological polar surface area (TPSA) is 74.3 Å². The van der Waals surface area contributed by atoms with E-state index in [1.54, 1.807) is 12.1 Å². The fourth-order valence-corrected chi connectivity index (χ4v) is 4.51. The Balaban J connectivity index is 1.45. The van der Waals surface area contributed by atoms with Gasteiger partial charge in [-0.25, -0.2) is 9.69 Å². The van der Waals surface area contributed by atoms with Gasteiger partial charge in [0, 0.05) is 23.3 Å². The Morgan fingerprint density at radius 1 is 1.03 bits per heavy atom. The van der Waals surface area contributed by atoms with E-state index < -0.39 is 18.1 Å². The summed E-state index contributed by atoms with van der Waals surface area (Å²) >= 11 is 6.05. The molecule has 4 heterocycles. The second-order valence-corrected chi connectivity index (χ2v) is 8.45. The van der Waals surface area contributed by atoms with Crippen LogP contribution in [0.4, 0.5) is 4.79 Å². The number of hydrogen-bond acceptors (Lipinski definition) is 6. The fraction of sp³-hybridized carbons (Fsp3) is 0.391. The third kappa shape index (κ3) is 3.83. The summed E-state index contributed by atoms with van der Waals surface area (Å²) in [6.45, 7) is 1.40. The fourth-order valence-electron chi connectivity index (χ4n) is 4.38. The molecule has 4 aliphatic heterocycles. The third-order valence-electron chi connectivity index (χ3n) is 5.95. The average molecular weight is 444 g/mol. The van der Waals surface area contributed by atoms with Crippen LogP contribution in [-0.2, 0) is 30.3 Å². The Hall–Kier alpha value is -2.45. The second-order valence-electron chi connectivity index (χ2n) is 8.01. The highest BCUT2D eigenvalue weighted by molar-refractivity contribution is 6.30. The number of benzene rings is 2. The highest BCUT2D eigenvalue weighted by Crippen LogP contribution is 2.46. The molecule has 0 aromatic heterocycles. The Morgan fingerprint density at radius 3 is 2.32 bits per heavy atom. The van der Waals surface area contributed by atoms with E-state index in [0.717, 1.165) is 16.0 Å². The molecule has 2 aromatic carbocycles. The molecule has 7 nitrogen and oxygen atoms in total. The lowest BCUT2D eigenvalue weighted by molar-refractivity contribution is -0.462. The molecule has 0 aliphatic carbocycles. The molecule has 0 unspecified atom stereocenters. The zero-order valence-electron chi connectivity index (χ0n) is 16.7. The van der Waals surface area contributed by atoms with Crippen molar-refractivity contribution in [2.45, 2.75) is 31.0 Å². The molecule has 2 atom stereocenters. The molecule has 0 saturated carbocycles. The van der Waals surface area contributed by atoms with Crippen LogP contribution in [-0.4, -0.2) is 48.7 Å². The van der Waals surface area contributed by atoms with Gasteiger partial charge in [0.15, 0.2) is 0 Å². The summed E-state index contributed by atoms with van der Waals surface area (Å²) < 4.78 is 23.3. The van der Waals surface area contributed by atoms with Crippen LogP contribution in [0.3, 0.4) is 0 Å². The van der Waals surface area contributed by atoms with Gasteiger partial charge in [-0.05, 0) is 23.3 Å². The second kappa shape index (κ2) is 8.24. The van der Waals surface area contributed by atoms with Gasteiger partial charge >= 0.3 is 12.1 Å². The molecule has 6 rings (SSSR count). The summed E-state index contributed by atoms with van der Waals surface area (Å²) in [7, 11) is 0. The van der Waals surface area contributed by atoms with Gasteiger partial charge in [0.1, 0.15) is 12.6 Å². The minimum absolute atomic E-state index is 0.0550. The Morgan fingerprint density at radius 2 is 1.68 bits per heavy atom. The van der Waals surface area contributed by atoms with Crippen LogP contribution >= 0.6 is 11.6 Å². The normalized spacial score (nSPS) is 29.9. The highest BCUT2D eigenvalue weighted by atomic mass is 35.5. The summed E-state index contributed by atoms with van der Waals surface area (Å²) in [6.07, 6.45) is -0.637. The molecule has 162 valence electrons. The van der Waals surface area contributed by atoms with E-state index in [0.29, 0.717) is 24.8 Å². The van der Waals surface area contributed by atoms with Crippen molar-refractivity contribution < 1.29 is 28.5 Å². The third-order valence-corrected chi connectivity index (χ3v) is 6.20. The van der Waals surface area contributed by atoms with E-state index in [1.807, 2.05) is 42.5 Å². The first-order valence-corrected chi connectivity index (χ1v) is 10.6. The number of imide groups is 1. The van der Waals surface area contributed by atoms with Gasteiger partial charge < -0.3 is 18.9 Å². The molecule has 4 aliphatic rings. The van der Waals surface area contributed by atoms with Crippen molar-refractivity contribution in [2.24, 2.45) is 5.92 Å². The zero-order valence-corrected chi connectivity index (χ0v) is 17.5. The predicted molar refractivity (Wildman–Crippen MR) is 110 cm³/mol. The average Bonchev–Trinajstić information content (AvgIpc) is 3.18. The number of nitrogens with zero attached hydrogens (tertiary/aromatic N) is 1. The molecule has 2 aromatic rings. The summed E-state index contributed by atoms with van der Waals surface area (Å²) in [4.78, 5) is 27.2. The van der Waals surface area contributed by atoms with Crippen molar-refractivity contribution in [3.8, 4) is 0 Å². The number of rotatable bonds is 4. The quantitative estimate of drug-likeness (QED) is 0.717. The maximum atomic E-state index is 13.1. The van der Waals surface area contributed by atoms with Crippen LogP contribution in [0.25, 0.3) is 0 Å². The monoisotopic (exact) mass is 443 g/mol. The number of halogens is 1. The first-order chi connectivity index (χ1) is 15.1. The molecule has 0 radical (unpaired) electrons. The number of likely N-dealkylation sites (tertiary alicyclic amines) is 1. The van der Waals surface area contributed by atoms with E-state index in [1.165, 1.54) is 0 Å². The minimum atomic E-state index is -1.50. The van der Waals surface area contributed by atoms with Crippen LogP contribution in [0.1, 0.15) is 23.5 Å². The van der Waals surface area contributed by atoms with Crippen LogP contribution < -0.4 is 0 Å². The lowest BCUT2D eigenvalue weighted by Crippen LogP contribution is -2.65.